The molecule has 0 heterocycles. The first-order chi connectivity index (χ1) is 8.41. The molecule has 0 bridgehead atoms. The highest BCUT2D eigenvalue weighted by atomic mass is 16.2. The lowest BCUT2D eigenvalue weighted by atomic mass is 9.94. The van der Waals surface area contributed by atoms with E-state index < -0.39 is 0 Å². The molecule has 0 spiro atoms. The number of hydrogen-bond acceptors (Lipinski definition) is 3. The van der Waals surface area contributed by atoms with Crippen LogP contribution in [0.15, 0.2) is 0 Å². The average Bonchev–Trinajstić information content (AvgIpc) is 2.63. The molecule has 0 saturated heterocycles. The Labute approximate surface area is 109 Å². The Balaban J connectivity index is 2.15. The molecular weight excluding hydrogens is 230 g/mol. The summed E-state index contributed by atoms with van der Waals surface area (Å²) in [5.41, 5.74) is 5.80. The van der Waals surface area contributed by atoms with E-state index in [-0.39, 0.29) is 23.4 Å². The minimum atomic E-state index is -0.315. The number of hydrogen-bond donors (Lipinski definition) is 3. The standard InChI is InChI=1S/C13H25N3O2/c1-10(2)16-11(17)5-8-15-12(18)9-13(14)6-3-4-7-13/h10H,3-9,14H2,1-2H3,(H,15,18)(H,16,17). The molecule has 0 aliphatic heterocycles. The summed E-state index contributed by atoms with van der Waals surface area (Å²) in [4.78, 5) is 23.0. The Hall–Kier alpha value is -1.10. The summed E-state index contributed by atoms with van der Waals surface area (Å²) >= 11 is 0. The van der Waals surface area contributed by atoms with Crippen molar-refractivity contribution < 1.29 is 9.59 Å². The zero-order valence-electron chi connectivity index (χ0n) is 11.4. The first kappa shape index (κ1) is 15.0. The second-order valence-electron chi connectivity index (χ2n) is 5.57. The van der Waals surface area contributed by atoms with E-state index in [9.17, 15) is 9.59 Å². The van der Waals surface area contributed by atoms with E-state index in [1.54, 1.807) is 0 Å². The summed E-state index contributed by atoms with van der Waals surface area (Å²) in [6, 6.07) is 0.138. The van der Waals surface area contributed by atoms with Gasteiger partial charge >= 0.3 is 0 Å². The average molecular weight is 255 g/mol. The van der Waals surface area contributed by atoms with Crippen molar-refractivity contribution in [2.45, 2.75) is 64.0 Å². The molecule has 0 radical (unpaired) electrons. The number of rotatable bonds is 6. The quantitative estimate of drug-likeness (QED) is 0.652. The van der Waals surface area contributed by atoms with Gasteiger partial charge in [-0.2, -0.15) is 0 Å². The maximum Gasteiger partial charge on any atom is 0.221 e. The molecule has 0 aromatic carbocycles. The number of carbonyl (C=O) groups excluding carboxylic acids is 2. The number of nitrogens with one attached hydrogen (secondary N) is 2. The summed E-state index contributed by atoms with van der Waals surface area (Å²) in [7, 11) is 0. The predicted molar refractivity (Wildman–Crippen MR) is 70.9 cm³/mol. The van der Waals surface area contributed by atoms with Crippen LogP contribution in [0.4, 0.5) is 0 Å². The van der Waals surface area contributed by atoms with Crippen LogP contribution in [0, 0.1) is 0 Å². The summed E-state index contributed by atoms with van der Waals surface area (Å²) in [5.74, 6) is -0.0784. The molecule has 0 atom stereocenters. The SMILES string of the molecule is CC(C)NC(=O)CCNC(=O)CC1(N)CCCC1. The molecule has 1 aliphatic carbocycles. The van der Waals surface area contributed by atoms with Gasteiger partial charge in [0, 0.05) is 31.0 Å². The van der Waals surface area contributed by atoms with Crippen LogP contribution in [0.1, 0.15) is 52.4 Å². The minimum absolute atomic E-state index is 0.0337. The van der Waals surface area contributed by atoms with Gasteiger partial charge in [-0.15, -0.1) is 0 Å². The van der Waals surface area contributed by atoms with Crippen molar-refractivity contribution in [3.05, 3.63) is 0 Å². The monoisotopic (exact) mass is 255 g/mol. The lowest BCUT2D eigenvalue weighted by Crippen LogP contribution is -2.42. The van der Waals surface area contributed by atoms with Gasteiger partial charge in [0.25, 0.3) is 0 Å². The van der Waals surface area contributed by atoms with Gasteiger partial charge in [0.05, 0.1) is 0 Å². The predicted octanol–water partition coefficient (Wildman–Crippen LogP) is 0.679. The van der Waals surface area contributed by atoms with Crippen molar-refractivity contribution in [2.24, 2.45) is 5.73 Å². The van der Waals surface area contributed by atoms with Gasteiger partial charge < -0.3 is 16.4 Å². The summed E-state index contributed by atoms with van der Waals surface area (Å²) < 4.78 is 0. The molecule has 1 rings (SSSR count). The normalized spacial score (nSPS) is 17.8. The van der Waals surface area contributed by atoms with Crippen LogP contribution in [-0.4, -0.2) is 29.9 Å². The molecule has 1 aliphatic rings. The number of nitrogens with two attached hydrogens (primary N) is 1. The van der Waals surface area contributed by atoms with Crippen molar-refractivity contribution in [2.75, 3.05) is 6.54 Å². The Kier molecular flexibility index (Phi) is 5.59. The highest BCUT2D eigenvalue weighted by Crippen LogP contribution is 2.29. The van der Waals surface area contributed by atoms with Crippen molar-refractivity contribution in [1.82, 2.24) is 10.6 Å². The Bertz CT molecular complexity index is 297. The van der Waals surface area contributed by atoms with Crippen LogP contribution in [0.5, 0.6) is 0 Å². The lowest BCUT2D eigenvalue weighted by Gasteiger charge is -2.22. The third-order valence-electron chi connectivity index (χ3n) is 3.24. The van der Waals surface area contributed by atoms with E-state index in [0.29, 0.717) is 19.4 Å². The zero-order chi connectivity index (χ0) is 13.6. The van der Waals surface area contributed by atoms with Gasteiger partial charge in [0.2, 0.25) is 11.8 Å². The largest absolute Gasteiger partial charge is 0.356 e. The molecule has 0 unspecified atom stereocenters. The molecule has 18 heavy (non-hydrogen) atoms. The molecule has 5 heteroatoms. The van der Waals surface area contributed by atoms with Crippen LogP contribution in [0.25, 0.3) is 0 Å². The first-order valence-corrected chi connectivity index (χ1v) is 6.76. The molecule has 1 saturated carbocycles. The van der Waals surface area contributed by atoms with Crippen LogP contribution in [0.2, 0.25) is 0 Å². The van der Waals surface area contributed by atoms with Gasteiger partial charge in [-0.3, -0.25) is 9.59 Å². The molecule has 0 aromatic heterocycles. The fourth-order valence-electron chi connectivity index (χ4n) is 2.35. The van der Waals surface area contributed by atoms with Gasteiger partial charge in [-0.25, -0.2) is 0 Å². The van der Waals surface area contributed by atoms with Crippen LogP contribution >= 0.6 is 0 Å². The molecule has 4 N–H and O–H groups in total. The van der Waals surface area contributed by atoms with E-state index in [1.807, 2.05) is 13.8 Å². The smallest absolute Gasteiger partial charge is 0.221 e. The zero-order valence-corrected chi connectivity index (χ0v) is 11.4. The summed E-state index contributed by atoms with van der Waals surface area (Å²) in [6.45, 7) is 4.21. The maximum absolute atomic E-state index is 11.7. The minimum Gasteiger partial charge on any atom is -0.356 e. The number of carbonyl (C=O) groups is 2. The van der Waals surface area contributed by atoms with E-state index in [2.05, 4.69) is 10.6 Å². The fraction of sp³-hybridized carbons (Fsp3) is 0.846. The maximum atomic E-state index is 11.7. The summed E-state index contributed by atoms with van der Waals surface area (Å²) in [6.07, 6.45) is 4.77. The molecule has 104 valence electrons. The molecule has 0 aromatic rings. The third-order valence-corrected chi connectivity index (χ3v) is 3.24. The van der Waals surface area contributed by atoms with Crippen molar-refractivity contribution in [3.8, 4) is 0 Å². The highest BCUT2D eigenvalue weighted by molar-refractivity contribution is 5.79. The molecule has 1 fully saturated rings. The first-order valence-electron chi connectivity index (χ1n) is 6.76. The second kappa shape index (κ2) is 6.73. The van der Waals surface area contributed by atoms with Crippen molar-refractivity contribution in [1.29, 1.82) is 0 Å². The van der Waals surface area contributed by atoms with Gasteiger partial charge in [-0.1, -0.05) is 12.8 Å². The van der Waals surface area contributed by atoms with Crippen molar-refractivity contribution in [3.63, 3.8) is 0 Å². The number of amides is 2. The van der Waals surface area contributed by atoms with E-state index in [0.717, 1.165) is 25.7 Å². The highest BCUT2D eigenvalue weighted by Gasteiger charge is 2.31. The van der Waals surface area contributed by atoms with Crippen molar-refractivity contribution >= 4 is 11.8 Å². The van der Waals surface area contributed by atoms with Crippen LogP contribution < -0.4 is 16.4 Å². The van der Waals surface area contributed by atoms with Crippen LogP contribution in [0.3, 0.4) is 0 Å². The topological polar surface area (TPSA) is 84.2 Å². The Morgan fingerprint density at radius 1 is 1.22 bits per heavy atom. The van der Waals surface area contributed by atoms with E-state index in [1.165, 1.54) is 0 Å². The fourth-order valence-corrected chi connectivity index (χ4v) is 2.35. The second-order valence-corrected chi connectivity index (χ2v) is 5.57. The lowest BCUT2D eigenvalue weighted by molar-refractivity contribution is -0.123. The van der Waals surface area contributed by atoms with Gasteiger partial charge in [0.15, 0.2) is 0 Å². The summed E-state index contributed by atoms with van der Waals surface area (Å²) in [5, 5.41) is 5.54. The van der Waals surface area contributed by atoms with Gasteiger partial charge in [0.1, 0.15) is 0 Å². The van der Waals surface area contributed by atoms with E-state index in [4.69, 9.17) is 5.73 Å². The molecule has 5 nitrogen and oxygen atoms in total. The Morgan fingerprint density at radius 3 is 2.39 bits per heavy atom. The Morgan fingerprint density at radius 2 is 1.83 bits per heavy atom. The molecular formula is C13H25N3O2. The van der Waals surface area contributed by atoms with Gasteiger partial charge in [-0.05, 0) is 26.7 Å². The third kappa shape index (κ3) is 5.49. The van der Waals surface area contributed by atoms with Crippen LogP contribution in [-0.2, 0) is 9.59 Å². The molecule has 2 amide bonds. The van der Waals surface area contributed by atoms with E-state index >= 15 is 0 Å².